The summed E-state index contributed by atoms with van der Waals surface area (Å²) in [6.07, 6.45) is 11.0. The topological polar surface area (TPSA) is 54.3 Å². The number of benzene rings is 3. The van der Waals surface area contributed by atoms with Gasteiger partial charge in [0.2, 0.25) is 0 Å². The van der Waals surface area contributed by atoms with Crippen LogP contribution in [0.25, 0.3) is 16.9 Å². The van der Waals surface area contributed by atoms with Crippen molar-refractivity contribution in [1.82, 2.24) is 4.57 Å². The van der Waals surface area contributed by atoms with Crippen molar-refractivity contribution >= 4 is 5.97 Å². The number of hydrogen-bond donors (Lipinski definition) is 0. The molecule has 4 rings (SSSR count). The molecule has 0 unspecified atom stereocenters. The smallest absolute Gasteiger partial charge is 0.546 e. The molecular weight excluding hydrogens is 517 g/mol. The maximum Gasteiger partial charge on any atom is 1.00 e. The van der Waals surface area contributed by atoms with Crippen LogP contribution in [0, 0.1) is 6.92 Å². The molecule has 0 amide bonds. The number of carboxylic acids is 1. The van der Waals surface area contributed by atoms with Crippen molar-refractivity contribution in [2.45, 2.75) is 84.2 Å². The molecule has 0 spiro atoms. The molecule has 0 aliphatic heterocycles. The molecule has 4 aromatic rings. The monoisotopic (exact) mass is 559 g/mol. The second-order valence-electron chi connectivity index (χ2n) is 10.7. The standard InChI is InChI=1S/C36H43NO3.Na/c1-3-4-5-6-7-8-9-11-14-29-18-22-32(23-19-29)37-28(2)17-26-34(37)31-20-24-33(25-21-31)40-35(36(38)39)27-30-15-12-10-13-16-30;/h10,12-13,15-26,35H,3-9,11,14,27H2,1-2H3,(H,38,39);/q;+1/p-1/t35-;/m1./s1. The third-order valence-electron chi connectivity index (χ3n) is 7.54. The summed E-state index contributed by atoms with van der Waals surface area (Å²) in [6.45, 7) is 4.38. The van der Waals surface area contributed by atoms with E-state index in [0.717, 1.165) is 34.6 Å². The van der Waals surface area contributed by atoms with E-state index in [1.54, 1.807) is 0 Å². The quantitative estimate of drug-likeness (QED) is 0.145. The van der Waals surface area contributed by atoms with Gasteiger partial charge in [0, 0.05) is 17.8 Å². The van der Waals surface area contributed by atoms with Gasteiger partial charge < -0.3 is 19.2 Å². The van der Waals surface area contributed by atoms with Crippen molar-refractivity contribution in [3.8, 4) is 22.7 Å². The molecule has 0 aliphatic rings. The predicted octanol–water partition coefficient (Wildman–Crippen LogP) is 4.88. The van der Waals surface area contributed by atoms with Crippen LogP contribution < -0.4 is 39.4 Å². The number of carboxylic acid groups (broad SMARTS) is 1. The third kappa shape index (κ3) is 9.92. The van der Waals surface area contributed by atoms with Crippen molar-refractivity contribution in [1.29, 1.82) is 0 Å². The van der Waals surface area contributed by atoms with Gasteiger partial charge in [-0.3, -0.25) is 0 Å². The number of carbonyl (C=O) groups is 1. The number of aliphatic carboxylic acids is 1. The average Bonchev–Trinajstić information content (AvgIpc) is 3.36. The van der Waals surface area contributed by atoms with Gasteiger partial charge in [0.15, 0.2) is 0 Å². The number of hydrogen-bond acceptors (Lipinski definition) is 3. The van der Waals surface area contributed by atoms with E-state index in [2.05, 4.69) is 54.8 Å². The van der Waals surface area contributed by atoms with Crippen molar-refractivity contribution in [3.05, 3.63) is 108 Å². The van der Waals surface area contributed by atoms with E-state index in [1.807, 2.05) is 54.6 Å². The fourth-order valence-corrected chi connectivity index (χ4v) is 5.25. The van der Waals surface area contributed by atoms with E-state index in [9.17, 15) is 9.90 Å². The van der Waals surface area contributed by atoms with Gasteiger partial charge in [0.1, 0.15) is 11.9 Å². The first-order chi connectivity index (χ1) is 19.5. The Kier molecular flexibility index (Phi) is 13.8. The molecule has 41 heavy (non-hydrogen) atoms. The van der Waals surface area contributed by atoms with Crippen LogP contribution >= 0.6 is 0 Å². The molecule has 0 saturated carbocycles. The predicted molar refractivity (Wildman–Crippen MR) is 162 cm³/mol. The molecule has 0 radical (unpaired) electrons. The Morgan fingerprint density at radius 2 is 1.39 bits per heavy atom. The van der Waals surface area contributed by atoms with Crippen LogP contribution in [0.15, 0.2) is 91.0 Å². The zero-order chi connectivity index (χ0) is 28.2. The van der Waals surface area contributed by atoms with Crippen LogP contribution in [0.5, 0.6) is 5.75 Å². The second kappa shape index (κ2) is 17.2. The summed E-state index contributed by atoms with van der Waals surface area (Å²) in [4.78, 5) is 11.7. The Labute approximate surface area is 268 Å². The average molecular weight is 560 g/mol. The van der Waals surface area contributed by atoms with Gasteiger partial charge in [-0.1, -0.05) is 94.3 Å². The fraction of sp³-hybridized carbons (Fsp3) is 0.361. The van der Waals surface area contributed by atoms with Crippen LogP contribution in [-0.2, 0) is 17.6 Å². The second-order valence-corrected chi connectivity index (χ2v) is 10.7. The van der Waals surface area contributed by atoms with Crippen LogP contribution in [0.2, 0.25) is 0 Å². The molecular formula is C36H42NNaO3. The molecule has 4 nitrogen and oxygen atoms in total. The maximum atomic E-state index is 11.7. The largest absolute Gasteiger partial charge is 1.00 e. The Morgan fingerprint density at radius 3 is 2.02 bits per heavy atom. The third-order valence-corrected chi connectivity index (χ3v) is 7.54. The van der Waals surface area contributed by atoms with Gasteiger partial charge in [0.25, 0.3) is 0 Å². The minimum atomic E-state index is -1.22. The molecule has 1 atom stereocenters. The van der Waals surface area contributed by atoms with E-state index in [0.29, 0.717) is 5.75 Å². The molecule has 0 saturated heterocycles. The number of aromatic nitrogens is 1. The number of carbonyl (C=O) groups excluding carboxylic acids is 1. The summed E-state index contributed by atoms with van der Waals surface area (Å²) in [7, 11) is 0. The molecule has 0 fully saturated rings. The van der Waals surface area contributed by atoms with E-state index < -0.39 is 12.1 Å². The molecule has 5 heteroatoms. The molecule has 1 heterocycles. The van der Waals surface area contributed by atoms with E-state index in [-0.39, 0.29) is 36.0 Å². The fourth-order valence-electron chi connectivity index (χ4n) is 5.25. The normalized spacial score (nSPS) is 11.6. The number of rotatable bonds is 16. The number of unbranched alkanes of at least 4 members (excludes halogenated alkanes) is 7. The van der Waals surface area contributed by atoms with Crippen molar-refractivity contribution in [2.75, 3.05) is 0 Å². The minimum absolute atomic E-state index is 0. The molecule has 210 valence electrons. The van der Waals surface area contributed by atoms with E-state index >= 15 is 0 Å². The number of aryl methyl sites for hydroxylation is 2. The van der Waals surface area contributed by atoms with Crippen molar-refractivity contribution < 1.29 is 44.2 Å². The molecule has 0 bridgehead atoms. The number of nitrogens with zero attached hydrogens (tertiary/aromatic N) is 1. The van der Waals surface area contributed by atoms with Gasteiger partial charge in [-0.2, -0.15) is 0 Å². The molecule has 3 aromatic carbocycles. The summed E-state index contributed by atoms with van der Waals surface area (Å²) in [5.74, 6) is -0.711. The molecule has 1 aromatic heterocycles. The van der Waals surface area contributed by atoms with E-state index in [4.69, 9.17) is 4.74 Å². The van der Waals surface area contributed by atoms with Crippen LogP contribution in [0.3, 0.4) is 0 Å². The van der Waals surface area contributed by atoms with Gasteiger partial charge >= 0.3 is 29.6 Å². The van der Waals surface area contributed by atoms with E-state index in [1.165, 1.54) is 56.9 Å². The van der Waals surface area contributed by atoms with Crippen LogP contribution in [0.4, 0.5) is 0 Å². The summed E-state index contributed by atoms with van der Waals surface area (Å²) in [5.41, 5.74) is 6.70. The Morgan fingerprint density at radius 1 is 0.756 bits per heavy atom. The summed E-state index contributed by atoms with van der Waals surface area (Å²) in [6, 6.07) is 30.3. The zero-order valence-electron chi connectivity index (χ0n) is 25.0. The summed E-state index contributed by atoms with van der Waals surface area (Å²) >= 11 is 0. The molecule has 0 aliphatic carbocycles. The first-order valence-electron chi connectivity index (χ1n) is 14.8. The summed E-state index contributed by atoms with van der Waals surface area (Å²) < 4.78 is 8.06. The Bertz CT molecular complexity index is 1310. The maximum absolute atomic E-state index is 11.7. The minimum Gasteiger partial charge on any atom is -0.546 e. The first-order valence-corrected chi connectivity index (χ1v) is 14.8. The zero-order valence-corrected chi connectivity index (χ0v) is 27.0. The number of ether oxygens (including phenoxy) is 1. The van der Waals surface area contributed by atoms with Gasteiger partial charge in [0.05, 0.1) is 11.7 Å². The Hall–Kier alpha value is -2.79. The first kappa shape index (κ1) is 32.7. The van der Waals surface area contributed by atoms with Crippen molar-refractivity contribution in [2.24, 2.45) is 0 Å². The molecule has 0 N–H and O–H groups in total. The van der Waals surface area contributed by atoms with Gasteiger partial charge in [-0.15, -0.1) is 0 Å². The summed E-state index contributed by atoms with van der Waals surface area (Å²) in [5, 5.41) is 11.7. The SMILES string of the molecule is CCCCCCCCCCc1ccc(-n2c(C)ccc2-c2ccc(O[C@H](Cc3ccccc3)C(=O)[O-])cc2)cc1.[Na+]. The van der Waals surface area contributed by atoms with Gasteiger partial charge in [-0.05, 0) is 85.0 Å². The van der Waals surface area contributed by atoms with Crippen LogP contribution in [0.1, 0.15) is 75.1 Å². The van der Waals surface area contributed by atoms with Crippen LogP contribution in [-0.4, -0.2) is 16.6 Å². The van der Waals surface area contributed by atoms with Crippen molar-refractivity contribution in [3.63, 3.8) is 0 Å². The van der Waals surface area contributed by atoms with Gasteiger partial charge in [-0.25, -0.2) is 0 Å². The Balaban J connectivity index is 0.00000462.